The molecule has 1 aromatic heterocycles. The molecule has 1 aromatic rings. The van der Waals surface area contributed by atoms with Crippen molar-refractivity contribution in [3.8, 4) is 0 Å². The van der Waals surface area contributed by atoms with E-state index in [9.17, 15) is 10.1 Å². The molecule has 0 aliphatic rings. The minimum atomic E-state index is -0.482. The van der Waals surface area contributed by atoms with Gasteiger partial charge in [-0.1, -0.05) is 33.1 Å². The third-order valence-corrected chi connectivity index (χ3v) is 2.85. The molecule has 0 radical (unpaired) electrons. The van der Waals surface area contributed by atoms with Gasteiger partial charge in [0.15, 0.2) is 6.20 Å². The van der Waals surface area contributed by atoms with Crippen LogP contribution in [0.1, 0.15) is 46.0 Å². The van der Waals surface area contributed by atoms with Gasteiger partial charge >= 0.3 is 5.82 Å². The maximum absolute atomic E-state index is 10.5. The molecule has 0 saturated heterocycles. The van der Waals surface area contributed by atoms with Crippen molar-refractivity contribution >= 4 is 11.5 Å². The second-order valence-corrected chi connectivity index (χ2v) is 4.43. The monoisotopic (exact) mass is 251 g/mol. The Bertz CT molecular complexity index is 365. The number of anilines is 1. The third-order valence-electron chi connectivity index (χ3n) is 2.85. The lowest BCUT2D eigenvalue weighted by molar-refractivity contribution is -0.389. The van der Waals surface area contributed by atoms with Crippen LogP contribution in [0.5, 0.6) is 0 Å². The van der Waals surface area contributed by atoms with Gasteiger partial charge in [-0.15, -0.1) is 0 Å². The Morgan fingerprint density at radius 3 is 2.61 bits per heavy atom. The molecule has 0 saturated carbocycles. The summed E-state index contributed by atoms with van der Waals surface area (Å²) in [6.07, 6.45) is 7.27. The van der Waals surface area contributed by atoms with E-state index in [1.54, 1.807) is 6.07 Å². The lowest BCUT2D eigenvalue weighted by atomic mass is 10.1. The van der Waals surface area contributed by atoms with E-state index < -0.39 is 4.92 Å². The second kappa shape index (κ2) is 7.63. The van der Waals surface area contributed by atoms with Crippen molar-refractivity contribution in [1.29, 1.82) is 0 Å². The third kappa shape index (κ3) is 4.69. The van der Waals surface area contributed by atoms with Crippen LogP contribution < -0.4 is 5.32 Å². The lowest BCUT2D eigenvalue weighted by Gasteiger charge is -2.18. The number of nitro groups is 1. The first-order valence-electron chi connectivity index (χ1n) is 6.54. The topological polar surface area (TPSA) is 68.1 Å². The number of hydrogen-bond acceptors (Lipinski definition) is 4. The maximum atomic E-state index is 10.5. The average Bonchev–Trinajstić information content (AvgIpc) is 2.37. The number of pyridine rings is 1. The fraction of sp³-hybridized carbons (Fsp3) is 0.615. The molecule has 0 aliphatic carbocycles. The summed E-state index contributed by atoms with van der Waals surface area (Å²) in [5, 5.41) is 13.9. The molecule has 1 N–H and O–H groups in total. The highest BCUT2D eigenvalue weighted by Crippen LogP contribution is 2.16. The quantitative estimate of drug-likeness (QED) is 0.564. The molecule has 0 fully saturated rings. The standard InChI is InChI=1S/C13H21N3O2/c1-3-5-7-11(6-4-2)15-12-8-9-13(14-10-12)16(17)18/h8-11,15H,3-7H2,1-2H3. The Morgan fingerprint density at radius 1 is 1.33 bits per heavy atom. The molecule has 0 aromatic carbocycles. The van der Waals surface area contributed by atoms with Crippen molar-refractivity contribution in [2.45, 2.75) is 52.0 Å². The fourth-order valence-corrected chi connectivity index (χ4v) is 1.90. The van der Waals surface area contributed by atoms with E-state index in [1.165, 1.54) is 25.1 Å². The molecule has 5 nitrogen and oxygen atoms in total. The van der Waals surface area contributed by atoms with E-state index in [2.05, 4.69) is 24.1 Å². The molecular weight excluding hydrogens is 230 g/mol. The number of aromatic nitrogens is 1. The second-order valence-electron chi connectivity index (χ2n) is 4.43. The van der Waals surface area contributed by atoms with Crippen LogP contribution in [0.2, 0.25) is 0 Å². The van der Waals surface area contributed by atoms with Crippen LogP contribution in [0.15, 0.2) is 18.3 Å². The van der Waals surface area contributed by atoms with Crippen LogP contribution >= 0.6 is 0 Å². The van der Waals surface area contributed by atoms with Crippen molar-refractivity contribution in [3.63, 3.8) is 0 Å². The van der Waals surface area contributed by atoms with E-state index in [-0.39, 0.29) is 5.82 Å². The number of rotatable bonds is 8. The van der Waals surface area contributed by atoms with Gasteiger partial charge in [-0.2, -0.15) is 0 Å². The Morgan fingerprint density at radius 2 is 2.11 bits per heavy atom. The Balaban J connectivity index is 2.59. The smallest absolute Gasteiger partial charge is 0.363 e. The normalized spacial score (nSPS) is 12.1. The summed E-state index contributed by atoms with van der Waals surface area (Å²) >= 11 is 0. The number of nitrogens with one attached hydrogen (secondary N) is 1. The molecule has 18 heavy (non-hydrogen) atoms. The van der Waals surface area contributed by atoms with Crippen molar-refractivity contribution in [2.24, 2.45) is 0 Å². The van der Waals surface area contributed by atoms with Gasteiger partial charge in [-0.05, 0) is 28.8 Å². The maximum Gasteiger partial charge on any atom is 0.363 e. The summed E-state index contributed by atoms with van der Waals surface area (Å²) in [7, 11) is 0. The predicted molar refractivity (Wildman–Crippen MR) is 72.7 cm³/mol. The highest BCUT2D eigenvalue weighted by molar-refractivity contribution is 5.44. The first-order valence-corrected chi connectivity index (χ1v) is 6.54. The molecule has 1 atom stereocenters. The van der Waals surface area contributed by atoms with Crippen LogP contribution in [0.3, 0.4) is 0 Å². The van der Waals surface area contributed by atoms with Crippen LogP contribution in [-0.2, 0) is 0 Å². The van der Waals surface area contributed by atoms with Gasteiger partial charge in [-0.3, -0.25) is 0 Å². The molecular formula is C13H21N3O2. The van der Waals surface area contributed by atoms with E-state index in [0.29, 0.717) is 6.04 Å². The lowest BCUT2D eigenvalue weighted by Crippen LogP contribution is -2.19. The molecule has 1 rings (SSSR count). The van der Waals surface area contributed by atoms with Gasteiger partial charge in [0.05, 0.1) is 5.69 Å². The fourth-order valence-electron chi connectivity index (χ4n) is 1.90. The molecule has 5 heteroatoms. The molecule has 0 bridgehead atoms. The van der Waals surface area contributed by atoms with Gasteiger partial charge < -0.3 is 15.4 Å². The molecule has 0 aliphatic heterocycles. The van der Waals surface area contributed by atoms with Crippen molar-refractivity contribution in [2.75, 3.05) is 5.32 Å². The summed E-state index contributed by atoms with van der Waals surface area (Å²) in [6.45, 7) is 4.34. The predicted octanol–water partition coefficient (Wildman–Crippen LogP) is 3.76. The van der Waals surface area contributed by atoms with E-state index in [4.69, 9.17) is 0 Å². The van der Waals surface area contributed by atoms with E-state index in [1.807, 2.05) is 0 Å². The molecule has 1 heterocycles. The first kappa shape index (κ1) is 14.4. The van der Waals surface area contributed by atoms with Gasteiger partial charge in [0.2, 0.25) is 0 Å². The van der Waals surface area contributed by atoms with E-state index >= 15 is 0 Å². The highest BCUT2D eigenvalue weighted by Gasteiger charge is 2.10. The molecule has 0 amide bonds. The average molecular weight is 251 g/mol. The molecule has 1 unspecified atom stereocenters. The van der Waals surface area contributed by atoms with Gasteiger partial charge in [0.25, 0.3) is 0 Å². The highest BCUT2D eigenvalue weighted by atomic mass is 16.6. The Labute approximate surface area is 108 Å². The summed E-state index contributed by atoms with van der Waals surface area (Å²) in [5.41, 5.74) is 0.857. The van der Waals surface area contributed by atoms with Crippen molar-refractivity contribution in [1.82, 2.24) is 4.98 Å². The van der Waals surface area contributed by atoms with Crippen LogP contribution in [0.4, 0.5) is 11.5 Å². The zero-order chi connectivity index (χ0) is 13.4. The Hall–Kier alpha value is -1.65. The van der Waals surface area contributed by atoms with E-state index in [0.717, 1.165) is 24.9 Å². The summed E-state index contributed by atoms with van der Waals surface area (Å²) in [4.78, 5) is 13.8. The number of unbranched alkanes of at least 4 members (excludes halogenated alkanes) is 1. The Kier molecular flexibility index (Phi) is 6.11. The van der Waals surface area contributed by atoms with Gasteiger partial charge in [-0.25, -0.2) is 0 Å². The van der Waals surface area contributed by atoms with Crippen LogP contribution in [-0.4, -0.2) is 15.9 Å². The molecule has 0 spiro atoms. The van der Waals surface area contributed by atoms with Crippen molar-refractivity contribution < 1.29 is 4.92 Å². The largest absolute Gasteiger partial charge is 0.379 e. The van der Waals surface area contributed by atoms with Gasteiger partial charge in [0.1, 0.15) is 0 Å². The van der Waals surface area contributed by atoms with Crippen LogP contribution in [0, 0.1) is 10.1 Å². The summed E-state index contributed by atoms with van der Waals surface area (Å²) < 4.78 is 0. The first-order chi connectivity index (χ1) is 8.67. The SMILES string of the molecule is CCCCC(CCC)Nc1ccc([N+](=O)[O-])nc1. The zero-order valence-corrected chi connectivity index (χ0v) is 11.1. The zero-order valence-electron chi connectivity index (χ0n) is 11.1. The number of hydrogen-bond donors (Lipinski definition) is 1. The van der Waals surface area contributed by atoms with Crippen LogP contribution in [0.25, 0.3) is 0 Å². The summed E-state index contributed by atoms with van der Waals surface area (Å²) in [5.74, 6) is -0.110. The molecule has 100 valence electrons. The minimum Gasteiger partial charge on any atom is -0.379 e. The van der Waals surface area contributed by atoms with Gasteiger partial charge in [0, 0.05) is 12.1 Å². The minimum absolute atomic E-state index is 0.110. The van der Waals surface area contributed by atoms with Crippen molar-refractivity contribution in [3.05, 3.63) is 28.4 Å². The summed E-state index contributed by atoms with van der Waals surface area (Å²) in [6, 6.07) is 3.59. The number of nitrogens with zero attached hydrogens (tertiary/aromatic N) is 2.